The number of rotatable bonds is 7. The van der Waals surface area contributed by atoms with Crippen molar-refractivity contribution >= 4 is 33.2 Å². The number of nitrogens with one attached hydrogen (secondary N) is 3. The van der Waals surface area contributed by atoms with Crippen molar-refractivity contribution in [2.75, 3.05) is 25.5 Å². The number of carbonyl (C=O) groups excluding carboxylic acids is 2. The van der Waals surface area contributed by atoms with E-state index in [2.05, 4.69) is 21.0 Å². The summed E-state index contributed by atoms with van der Waals surface area (Å²) in [4.78, 5) is 24.6. The molecule has 1 saturated heterocycles. The van der Waals surface area contributed by atoms with E-state index in [0.717, 1.165) is 16.6 Å². The van der Waals surface area contributed by atoms with Crippen LogP contribution in [0.15, 0.2) is 84.0 Å². The van der Waals surface area contributed by atoms with Crippen LogP contribution in [0.3, 0.4) is 0 Å². The van der Waals surface area contributed by atoms with Crippen molar-refractivity contribution in [3.05, 3.63) is 95.8 Å². The highest BCUT2D eigenvalue weighted by atomic mass is 32.2. The number of benzene rings is 2. The number of hydrogen-bond acceptors (Lipinski definition) is 5. The molecule has 0 saturated carbocycles. The highest BCUT2D eigenvalue weighted by molar-refractivity contribution is 7.89. The van der Waals surface area contributed by atoms with Gasteiger partial charge in [0.25, 0.3) is 5.91 Å². The summed E-state index contributed by atoms with van der Waals surface area (Å²) in [5.74, 6) is -0.0285. The van der Waals surface area contributed by atoms with E-state index in [-0.39, 0.29) is 22.8 Å². The normalized spacial score (nSPS) is 14.7. The minimum atomic E-state index is -3.65. The Hall–Kier alpha value is -4.22. The minimum absolute atomic E-state index is 0.163. The number of aromatic nitrogens is 2. The van der Waals surface area contributed by atoms with Gasteiger partial charge in [-0.05, 0) is 66.3 Å². The number of sulfonamides is 1. The molecule has 2 aromatic carbocycles. The number of fused-ring (bicyclic) bond motifs is 1. The first-order valence-electron chi connectivity index (χ1n) is 12.7. The molecule has 5 rings (SSSR count). The molecule has 4 aromatic rings. The van der Waals surface area contributed by atoms with E-state index in [0.29, 0.717) is 43.7 Å². The highest BCUT2D eigenvalue weighted by Gasteiger charge is 2.30. The van der Waals surface area contributed by atoms with Crippen LogP contribution in [-0.4, -0.2) is 54.4 Å². The zero-order valence-electron chi connectivity index (χ0n) is 21.5. The first-order valence-corrected chi connectivity index (χ1v) is 14.2. The molecule has 0 radical (unpaired) electrons. The molecule has 0 aliphatic carbocycles. The molecule has 0 unspecified atom stereocenters. The van der Waals surface area contributed by atoms with Gasteiger partial charge in [-0.3, -0.25) is 4.79 Å². The summed E-state index contributed by atoms with van der Waals surface area (Å²) in [5.41, 5.74) is 3.80. The molecule has 11 heteroatoms. The number of hydrogen-bond donors (Lipinski definition) is 3. The van der Waals surface area contributed by atoms with Crippen LogP contribution in [0.2, 0.25) is 0 Å². The van der Waals surface area contributed by atoms with Gasteiger partial charge in [0.05, 0.1) is 22.2 Å². The standard InChI is InChI=1S/C28H30N6O4S/c1-29-28(36)32-23-7-9-24(10-8-23)39(37,38)33-14-11-21(12-15-33)22-13-16-34-26(17-22)25(19-31-34)27(35)30-18-20-5-3-2-4-6-20/h2-10,13,16-17,19,21H,11-12,14-15,18H2,1H3,(H,30,35)(H2,29,32,36). The molecule has 0 bridgehead atoms. The second-order valence-electron chi connectivity index (χ2n) is 9.42. The molecule has 202 valence electrons. The van der Waals surface area contributed by atoms with Crippen LogP contribution in [0.5, 0.6) is 0 Å². The first kappa shape index (κ1) is 26.4. The van der Waals surface area contributed by atoms with Crippen LogP contribution in [0.25, 0.3) is 5.52 Å². The van der Waals surface area contributed by atoms with Crippen molar-refractivity contribution in [1.82, 2.24) is 24.6 Å². The van der Waals surface area contributed by atoms with Crippen LogP contribution in [-0.2, 0) is 16.6 Å². The maximum absolute atomic E-state index is 13.2. The average Bonchev–Trinajstić information content (AvgIpc) is 3.40. The van der Waals surface area contributed by atoms with Gasteiger partial charge in [-0.25, -0.2) is 17.7 Å². The maximum Gasteiger partial charge on any atom is 0.318 e. The molecule has 1 fully saturated rings. The Kier molecular flexibility index (Phi) is 7.62. The predicted molar refractivity (Wildman–Crippen MR) is 148 cm³/mol. The lowest BCUT2D eigenvalue weighted by molar-refractivity contribution is 0.0952. The van der Waals surface area contributed by atoms with Gasteiger partial charge in [-0.1, -0.05) is 30.3 Å². The summed E-state index contributed by atoms with van der Waals surface area (Å²) in [6, 6.07) is 19.5. The molecule has 0 atom stereocenters. The molecule has 1 aliphatic heterocycles. The zero-order valence-corrected chi connectivity index (χ0v) is 22.3. The highest BCUT2D eigenvalue weighted by Crippen LogP contribution is 2.32. The second-order valence-corrected chi connectivity index (χ2v) is 11.4. The number of urea groups is 1. The number of piperidine rings is 1. The third kappa shape index (κ3) is 5.79. The van der Waals surface area contributed by atoms with Crippen molar-refractivity contribution < 1.29 is 18.0 Å². The third-order valence-electron chi connectivity index (χ3n) is 6.99. The number of amides is 3. The molecule has 39 heavy (non-hydrogen) atoms. The van der Waals surface area contributed by atoms with Gasteiger partial charge in [0.15, 0.2) is 0 Å². The lowest BCUT2D eigenvalue weighted by Crippen LogP contribution is -2.37. The number of nitrogens with zero attached hydrogens (tertiary/aromatic N) is 3. The quantitative estimate of drug-likeness (QED) is 0.327. The summed E-state index contributed by atoms with van der Waals surface area (Å²) in [6.07, 6.45) is 4.74. The monoisotopic (exact) mass is 546 g/mol. The number of carbonyl (C=O) groups is 2. The van der Waals surface area contributed by atoms with Crippen molar-refractivity contribution in [2.45, 2.75) is 30.2 Å². The topological polar surface area (TPSA) is 125 Å². The van der Waals surface area contributed by atoms with E-state index in [1.807, 2.05) is 48.7 Å². The van der Waals surface area contributed by atoms with E-state index in [4.69, 9.17) is 0 Å². The number of anilines is 1. The lowest BCUT2D eigenvalue weighted by Gasteiger charge is -2.31. The van der Waals surface area contributed by atoms with E-state index >= 15 is 0 Å². The van der Waals surface area contributed by atoms with Crippen molar-refractivity contribution in [1.29, 1.82) is 0 Å². The SMILES string of the molecule is CNC(=O)Nc1ccc(S(=O)(=O)N2CCC(c3ccn4ncc(C(=O)NCc5ccccc5)c4c3)CC2)cc1. The molecule has 3 amide bonds. The third-order valence-corrected chi connectivity index (χ3v) is 8.90. The molecule has 3 N–H and O–H groups in total. The van der Waals surface area contributed by atoms with E-state index in [9.17, 15) is 18.0 Å². The summed E-state index contributed by atoms with van der Waals surface area (Å²) < 4.78 is 29.6. The van der Waals surface area contributed by atoms with E-state index in [1.54, 1.807) is 22.8 Å². The summed E-state index contributed by atoms with van der Waals surface area (Å²) in [7, 11) is -2.15. The van der Waals surface area contributed by atoms with Gasteiger partial charge < -0.3 is 16.0 Å². The van der Waals surface area contributed by atoms with Gasteiger partial charge in [0, 0.05) is 38.6 Å². The number of pyridine rings is 1. The lowest BCUT2D eigenvalue weighted by atomic mass is 9.90. The largest absolute Gasteiger partial charge is 0.348 e. The molecule has 0 spiro atoms. The Morgan fingerprint density at radius 1 is 1.00 bits per heavy atom. The van der Waals surface area contributed by atoms with Crippen LogP contribution in [0, 0.1) is 0 Å². The Morgan fingerprint density at radius 3 is 2.41 bits per heavy atom. The van der Waals surface area contributed by atoms with Crippen LogP contribution in [0.1, 0.15) is 40.2 Å². The Bertz CT molecular complexity index is 1580. The molecule has 2 aromatic heterocycles. The summed E-state index contributed by atoms with van der Waals surface area (Å²) in [6.45, 7) is 1.21. The fourth-order valence-corrected chi connectivity index (χ4v) is 6.25. The molecule has 1 aliphatic rings. The predicted octanol–water partition coefficient (Wildman–Crippen LogP) is 3.58. The minimum Gasteiger partial charge on any atom is -0.348 e. The second kappa shape index (κ2) is 11.3. The molecular weight excluding hydrogens is 516 g/mol. The van der Waals surface area contributed by atoms with E-state index < -0.39 is 10.0 Å². The van der Waals surface area contributed by atoms with Crippen molar-refractivity contribution in [3.8, 4) is 0 Å². The fraction of sp³-hybridized carbons (Fsp3) is 0.250. The average molecular weight is 547 g/mol. The smallest absolute Gasteiger partial charge is 0.318 e. The molecule has 10 nitrogen and oxygen atoms in total. The Balaban J connectivity index is 1.24. The van der Waals surface area contributed by atoms with E-state index in [1.165, 1.54) is 23.5 Å². The van der Waals surface area contributed by atoms with Gasteiger partial charge >= 0.3 is 6.03 Å². The van der Waals surface area contributed by atoms with Gasteiger partial charge in [-0.15, -0.1) is 0 Å². The fourth-order valence-electron chi connectivity index (χ4n) is 4.78. The summed E-state index contributed by atoms with van der Waals surface area (Å²) >= 11 is 0. The Labute approximate surface area is 227 Å². The van der Waals surface area contributed by atoms with Crippen LogP contribution >= 0.6 is 0 Å². The van der Waals surface area contributed by atoms with Gasteiger partial charge in [0.2, 0.25) is 10.0 Å². The Morgan fingerprint density at radius 2 is 1.72 bits per heavy atom. The zero-order chi connectivity index (χ0) is 27.4. The molecule has 3 heterocycles. The maximum atomic E-state index is 13.2. The van der Waals surface area contributed by atoms with Crippen molar-refractivity contribution in [3.63, 3.8) is 0 Å². The summed E-state index contributed by atoms with van der Waals surface area (Å²) in [5, 5.41) is 12.4. The van der Waals surface area contributed by atoms with Gasteiger partial charge in [0.1, 0.15) is 0 Å². The van der Waals surface area contributed by atoms with Gasteiger partial charge in [-0.2, -0.15) is 9.40 Å². The molecular formula is C28H30N6O4S. The first-order chi connectivity index (χ1) is 18.8. The van der Waals surface area contributed by atoms with Crippen molar-refractivity contribution in [2.24, 2.45) is 0 Å². The van der Waals surface area contributed by atoms with Crippen LogP contribution in [0.4, 0.5) is 10.5 Å². The van der Waals surface area contributed by atoms with Crippen LogP contribution < -0.4 is 16.0 Å².